The van der Waals surface area contributed by atoms with E-state index < -0.39 is 0 Å². The number of benzene rings is 1. The minimum atomic E-state index is -0.263. The molecule has 0 saturated carbocycles. The second-order valence-electron chi connectivity index (χ2n) is 4.41. The molecule has 19 heavy (non-hydrogen) atoms. The minimum absolute atomic E-state index is 0.0309. The molecule has 0 aliphatic heterocycles. The van der Waals surface area contributed by atoms with Gasteiger partial charge in [-0.2, -0.15) is 0 Å². The van der Waals surface area contributed by atoms with Crippen LogP contribution in [0.5, 0.6) is 0 Å². The monoisotopic (exact) mass is 278 g/mol. The molecule has 0 fully saturated rings. The van der Waals surface area contributed by atoms with Crippen molar-refractivity contribution >= 4 is 11.6 Å². The number of nitrogens with zero attached hydrogens (tertiary/aromatic N) is 1. The fraction of sp³-hybridized carbons (Fsp3) is 0.267. The van der Waals surface area contributed by atoms with Gasteiger partial charge in [-0.3, -0.25) is 4.98 Å². The largest absolute Gasteiger partial charge is 0.313 e. The van der Waals surface area contributed by atoms with Crippen molar-refractivity contribution in [2.24, 2.45) is 0 Å². The molecule has 2 rings (SSSR count). The molecule has 100 valence electrons. The molecular weight excluding hydrogens is 263 g/mol. The molecule has 0 amide bonds. The van der Waals surface area contributed by atoms with Crippen LogP contribution in [0.3, 0.4) is 0 Å². The number of aryl methyl sites for hydroxylation is 1. The van der Waals surface area contributed by atoms with Gasteiger partial charge in [0.15, 0.2) is 0 Å². The van der Waals surface area contributed by atoms with Crippen LogP contribution in [0.25, 0.3) is 0 Å². The molecule has 1 heterocycles. The Hall–Kier alpha value is -1.45. The van der Waals surface area contributed by atoms with Crippen molar-refractivity contribution in [2.45, 2.75) is 18.9 Å². The Kier molecular flexibility index (Phi) is 4.88. The van der Waals surface area contributed by atoms with Gasteiger partial charge in [0, 0.05) is 23.5 Å². The van der Waals surface area contributed by atoms with Crippen molar-refractivity contribution in [3.8, 4) is 0 Å². The van der Waals surface area contributed by atoms with E-state index in [0.29, 0.717) is 5.02 Å². The zero-order valence-corrected chi connectivity index (χ0v) is 11.5. The van der Waals surface area contributed by atoms with Crippen molar-refractivity contribution in [1.29, 1.82) is 0 Å². The van der Waals surface area contributed by atoms with Gasteiger partial charge < -0.3 is 5.32 Å². The van der Waals surface area contributed by atoms with Crippen LogP contribution in [0.15, 0.2) is 42.7 Å². The highest BCUT2D eigenvalue weighted by molar-refractivity contribution is 6.31. The molecule has 0 radical (unpaired) electrons. The quantitative estimate of drug-likeness (QED) is 0.901. The summed E-state index contributed by atoms with van der Waals surface area (Å²) in [5.41, 5.74) is 1.96. The van der Waals surface area contributed by atoms with E-state index in [-0.39, 0.29) is 11.9 Å². The van der Waals surface area contributed by atoms with Crippen LogP contribution in [-0.4, -0.2) is 12.0 Å². The average Bonchev–Trinajstić information content (AvgIpc) is 2.44. The van der Waals surface area contributed by atoms with E-state index in [1.165, 1.54) is 12.1 Å². The first-order chi connectivity index (χ1) is 9.20. The smallest absolute Gasteiger partial charge is 0.123 e. The van der Waals surface area contributed by atoms with Crippen LogP contribution >= 0.6 is 11.6 Å². The van der Waals surface area contributed by atoms with Crippen molar-refractivity contribution in [1.82, 2.24) is 10.3 Å². The summed E-state index contributed by atoms with van der Waals surface area (Å²) in [4.78, 5) is 4.09. The number of hydrogen-bond donors (Lipinski definition) is 1. The van der Waals surface area contributed by atoms with Gasteiger partial charge in [0.25, 0.3) is 0 Å². The summed E-state index contributed by atoms with van der Waals surface area (Å²) < 4.78 is 13.3. The molecule has 0 saturated heterocycles. The van der Waals surface area contributed by atoms with Gasteiger partial charge in [0.1, 0.15) is 5.82 Å². The fourth-order valence-electron chi connectivity index (χ4n) is 2.09. The summed E-state index contributed by atoms with van der Waals surface area (Å²) in [5, 5.41) is 3.77. The van der Waals surface area contributed by atoms with E-state index in [1.807, 2.05) is 25.4 Å². The lowest BCUT2D eigenvalue weighted by Crippen LogP contribution is -2.17. The highest BCUT2D eigenvalue weighted by Crippen LogP contribution is 2.26. The maximum absolute atomic E-state index is 13.3. The second-order valence-corrected chi connectivity index (χ2v) is 4.81. The topological polar surface area (TPSA) is 24.9 Å². The van der Waals surface area contributed by atoms with E-state index >= 15 is 0 Å². The van der Waals surface area contributed by atoms with Crippen LogP contribution in [0.2, 0.25) is 5.02 Å². The summed E-state index contributed by atoms with van der Waals surface area (Å²) in [6.45, 7) is 0. The van der Waals surface area contributed by atoms with Gasteiger partial charge in [-0.15, -0.1) is 0 Å². The van der Waals surface area contributed by atoms with Crippen LogP contribution < -0.4 is 5.32 Å². The molecule has 4 heteroatoms. The van der Waals surface area contributed by atoms with E-state index in [2.05, 4.69) is 10.3 Å². The number of aromatic nitrogens is 1. The third kappa shape index (κ3) is 3.75. The van der Waals surface area contributed by atoms with E-state index in [0.717, 1.165) is 24.0 Å². The number of halogens is 2. The van der Waals surface area contributed by atoms with Crippen LogP contribution in [0.1, 0.15) is 23.6 Å². The Balaban J connectivity index is 2.10. The predicted octanol–water partition coefficient (Wildman–Crippen LogP) is 3.77. The normalized spacial score (nSPS) is 12.4. The Morgan fingerprint density at radius 3 is 2.89 bits per heavy atom. The first kappa shape index (κ1) is 14.0. The minimum Gasteiger partial charge on any atom is -0.313 e. The van der Waals surface area contributed by atoms with Gasteiger partial charge in [-0.1, -0.05) is 17.7 Å². The van der Waals surface area contributed by atoms with Gasteiger partial charge in [-0.05, 0) is 55.3 Å². The van der Waals surface area contributed by atoms with E-state index in [4.69, 9.17) is 11.6 Å². The zero-order chi connectivity index (χ0) is 13.7. The summed E-state index contributed by atoms with van der Waals surface area (Å²) in [7, 11) is 1.86. The molecule has 0 bridgehead atoms. The highest BCUT2D eigenvalue weighted by Gasteiger charge is 2.13. The Bertz CT molecular complexity index is 531. The van der Waals surface area contributed by atoms with Crippen molar-refractivity contribution in [2.75, 3.05) is 7.05 Å². The zero-order valence-electron chi connectivity index (χ0n) is 10.7. The van der Waals surface area contributed by atoms with Crippen molar-refractivity contribution in [3.05, 3.63) is 64.7 Å². The summed E-state index contributed by atoms with van der Waals surface area (Å²) in [6, 6.07) is 8.45. The van der Waals surface area contributed by atoms with Crippen LogP contribution in [-0.2, 0) is 6.42 Å². The van der Waals surface area contributed by atoms with Crippen LogP contribution in [0.4, 0.5) is 4.39 Å². The summed E-state index contributed by atoms with van der Waals surface area (Å²) >= 11 is 6.13. The number of rotatable bonds is 5. The van der Waals surface area contributed by atoms with E-state index in [1.54, 1.807) is 12.3 Å². The average molecular weight is 279 g/mol. The van der Waals surface area contributed by atoms with Gasteiger partial charge >= 0.3 is 0 Å². The third-order valence-electron chi connectivity index (χ3n) is 3.13. The lowest BCUT2D eigenvalue weighted by atomic mass is 9.99. The fourth-order valence-corrected chi connectivity index (χ4v) is 2.34. The molecule has 0 spiro atoms. The highest BCUT2D eigenvalue weighted by atomic mass is 35.5. The van der Waals surface area contributed by atoms with Gasteiger partial charge in [0.2, 0.25) is 0 Å². The molecular formula is C15H16ClFN2. The van der Waals surface area contributed by atoms with E-state index in [9.17, 15) is 4.39 Å². The standard InChI is InChI=1S/C15H16ClFN2/c1-18-15(7-4-11-3-2-8-19-10-11)13-9-12(17)5-6-14(13)16/h2-3,5-6,8-10,15,18H,4,7H2,1H3. The molecule has 1 aromatic heterocycles. The molecule has 2 aromatic rings. The first-order valence-corrected chi connectivity index (χ1v) is 6.59. The Morgan fingerprint density at radius 1 is 1.37 bits per heavy atom. The Morgan fingerprint density at radius 2 is 2.21 bits per heavy atom. The number of hydrogen-bond acceptors (Lipinski definition) is 2. The summed E-state index contributed by atoms with van der Waals surface area (Å²) in [6.07, 6.45) is 5.31. The van der Waals surface area contributed by atoms with Crippen LogP contribution in [0, 0.1) is 5.82 Å². The molecule has 2 nitrogen and oxygen atoms in total. The lowest BCUT2D eigenvalue weighted by Gasteiger charge is -2.18. The second kappa shape index (κ2) is 6.64. The maximum Gasteiger partial charge on any atom is 0.123 e. The lowest BCUT2D eigenvalue weighted by molar-refractivity contribution is 0.542. The third-order valence-corrected chi connectivity index (χ3v) is 3.47. The molecule has 0 aliphatic carbocycles. The first-order valence-electron chi connectivity index (χ1n) is 6.22. The predicted molar refractivity (Wildman–Crippen MR) is 75.8 cm³/mol. The number of pyridine rings is 1. The van der Waals surface area contributed by atoms with Gasteiger partial charge in [0.05, 0.1) is 0 Å². The SMILES string of the molecule is CNC(CCc1cccnc1)c1cc(F)ccc1Cl. The molecule has 1 aromatic carbocycles. The Labute approximate surface area is 117 Å². The number of nitrogens with one attached hydrogen (secondary N) is 1. The molecule has 0 aliphatic rings. The van der Waals surface area contributed by atoms with Gasteiger partial charge in [-0.25, -0.2) is 4.39 Å². The molecule has 1 atom stereocenters. The van der Waals surface area contributed by atoms with Crippen molar-refractivity contribution in [3.63, 3.8) is 0 Å². The summed E-state index contributed by atoms with van der Waals surface area (Å²) in [5.74, 6) is -0.263. The molecule has 1 N–H and O–H groups in total. The van der Waals surface area contributed by atoms with Crippen molar-refractivity contribution < 1.29 is 4.39 Å². The molecule has 1 unspecified atom stereocenters. The maximum atomic E-state index is 13.3.